The van der Waals surface area contributed by atoms with Gasteiger partial charge in [0, 0.05) is 32.0 Å². The Morgan fingerprint density at radius 1 is 1.22 bits per heavy atom. The molecule has 1 aromatic rings. The topological polar surface area (TPSA) is 80.7 Å². The van der Waals surface area contributed by atoms with Gasteiger partial charge in [0.05, 0.1) is 0 Å². The highest BCUT2D eigenvalue weighted by Crippen LogP contribution is 2.02. The van der Waals surface area contributed by atoms with Gasteiger partial charge >= 0.3 is 0 Å². The van der Waals surface area contributed by atoms with Crippen molar-refractivity contribution in [1.29, 1.82) is 0 Å². The van der Waals surface area contributed by atoms with Crippen LogP contribution < -0.4 is 5.73 Å². The molecular formula is C13H21N3O2. The molecule has 0 aromatic carbocycles. The molecule has 0 aliphatic rings. The van der Waals surface area contributed by atoms with Gasteiger partial charge in [0.1, 0.15) is 5.84 Å². The molecular weight excluding hydrogens is 230 g/mol. The lowest BCUT2D eigenvalue weighted by atomic mass is 10.1. The molecule has 5 heteroatoms. The summed E-state index contributed by atoms with van der Waals surface area (Å²) in [5.41, 5.74) is 6.65. The number of amidine groups is 1. The van der Waals surface area contributed by atoms with E-state index in [9.17, 15) is 0 Å². The van der Waals surface area contributed by atoms with Gasteiger partial charge in [-0.25, -0.2) is 0 Å². The number of hydrogen-bond donors (Lipinski definition) is 2. The van der Waals surface area contributed by atoms with Crippen molar-refractivity contribution in [3.05, 3.63) is 30.1 Å². The van der Waals surface area contributed by atoms with Crippen LogP contribution in [0.5, 0.6) is 0 Å². The Morgan fingerprint density at radius 2 is 1.94 bits per heavy atom. The summed E-state index contributed by atoms with van der Waals surface area (Å²) in [7, 11) is 0. The molecule has 0 saturated carbocycles. The summed E-state index contributed by atoms with van der Waals surface area (Å²) in [6, 6.07) is 4.05. The van der Waals surface area contributed by atoms with Crippen LogP contribution in [0.4, 0.5) is 0 Å². The number of nitrogens with zero attached hydrogens (tertiary/aromatic N) is 2. The van der Waals surface area contributed by atoms with Gasteiger partial charge in [-0.15, -0.1) is 0 Å². The highest BCUT2D eigenvalue weighted by molar-refractivity contribution is 5.79. The van der Waals surface area contributed by atoms with Gasteiger partial charge < -0.3 is 15.7 Å². The van der Waals surface area contributed by atoms with Crippen LogP contribution in [0.25, 0.3) is 0 Å². The smallest absolute Gasteiger partial charge is 0.139 e. The minimum absolute atomic E-state index is 0.285. The lowest BCUT2D eigenvalue weighted by Gasteiger charge is -2.04. The number of pyridine rings is 1. The minimum Gasteiger partial charge on any atom is -0.409 e. The molecule has 0 unspecified atom stereocenters. The van der Waals surface area contributed by atoms with Gasteiger partial charge in [0.2, 0.25) is 0 Å². The first kappa shape index (κ1) is 14.4. The Labute approximate surface area is 108 Å². The summed E-state index contributed by atoms with van der Waals surface area (Å²) < 4.78 is 5.51. The molecule has 0 spiro atoms. The first-order chi connectivity index (χ1) is 8.83. The molecule has 0 aliphatic carbocycles. The second-order valence-electron chi connectivity index (χ2n) is 4.12. The number of aromatic nitrogens is 1. The van der Waals surface area contributed by atoms with Crippen molar-refractivity contribution >= 4 is 5.84 Å². The average Bonchev–Trinajstić information content (AvgIpc) is 2.42. The fourth-order valence-electron chi connectivity index (χ4n) is 1.59. The molecule has 1 rings (SSSR count). The first-order valence-electron chi connectivity index (χ1n) is 6.26. The summed E-state index contributed by atoms with van der Waals surface area (Å²) in [5.74, 6) is 0.285. The van der Waals surface area contributed by atoms with Crippen LogP contribution in [0.3, 0.4) is 0 Å². The van der Waals surface area contributed by atoms with E-state index in [0.29, 0.717) is 6.42 Å². The van der Waals surface area contributed by atoms with Crippen LogP contribution >= 0.6 is 0 Å². The van der Waals surface area contributed by atoms with Crippen molar-refractivity contribution in [3.8, 4) is 0 Å². The summed E-state index contributed by atoms with van der Waals surface area (Å²) in [6.07, 6.45) is 8.10. The van der Waals surface area contributed by atoms with Crippen molar-refractivity contribution in [3.63, 3.8) is 0 Å². The van der Waals surface area contributed by atoms with E-state index in [1.165, 1.54) is 5.56 Å². The van der Waals surface area contributed by atoms with E-state index >= 15 is 0 Å². The Morgan fingerprint density at radius 3 is 2.67 bits per heavy atom. The van der Waals surface area contributed by atoms with Crippen LogP contribution in [0, 0.1) is 0 Å². The Kier molecular flexibility index (Phi) is 7.55. The van der Waals surface area contributed by atoms with Gasteiger partial charge in [0.25, 0.3) is 0 Å². The molecule has 1 heterocycles. The second-order valence-corrected chi connectivity index (χ2v) is 4.12. The summed E-state index contributed by atoms with van der Waals surface area (Å²) in [6.45, 7) is 1.50. The third-order valence-electron chi connectivity index (χ3n) is 2.60. The highest BCUT2D eigenvalue weighted by atomic mass is 16.5. The highest BCUT2D eigenvalue weighted by Gasteiger charge is 1.95. The minimum atomic E-state index is 0.285. The molecule has 3 N–H and O–H groups in total. The van der Waals surface area contributed by atoms with E-state index < -0.39 is 0 Å². The van der Waals surface area contributed by atoms with E-state index in [0.717, 1.165) is 38.9 Å². The van der Waals surface area contributed by atoms with Crippen LogP contribution in [0.1, 0.15) is 31.2 Å². The Bertz CT molecular complexity index is 341. The quantitative estimate of drug-likeness (QED) is 0.231. The lowest BCUT2D eigenvalue weighted by molar-refractivity contribution is 0.128. The molecule has 0 atom stereocenters. The molecule has 0 amide bonds. The van der Waals surface area contributed by atoms with Gasteiger partial charge in [-0.2, -0.15) is 0 Å². The number of unbranched alkanes of at least 4 members (excludes halogenated alkanes) is 1. The lowest BCUT2D eigenvalue weighted by Crippen LogP contribution is -2.11. The summed E-state index contributed by atoms with van der Waals surface area (Å²) in [4.78, 5) is 3.98. The summed E-state index contributed by atoms with van der Waals surface area (Å²) >= 11 is 0. The number of rotatable bonds is 9. The Balaban J connectivity index is 1.90. The number of hydrogen-bond acceptors (Lipinski definition) is 4. The van der Waals surface area contributed by atoms with Crippen LogP contribution in [-0.4, -0.2) is 29.2 Å². The number of aryl methyl sites for hydroxylation is 1. The van der Waals surface area contributed by atoms with Crippen molar-refractivity contribution in [2.24, 2.45) is 10.9 Å². The predicted molar refractivity (Wildman–Crippen MR) is 70.6 cm³/mol. The van der Waals surface area contributed by atoms with Crippen molar-refractivity contribution in [1.82, 2.24) is 4.98 Å². The normalized spacial score (nSPS) is 11.7. The maximum atomic E-state index is 8.34. The van der Waals surface area contributed by atoms with Crippen molar-refractivity contribution in [2.45, 2.75) is 32.1 Å². The van der Waals surface area contributed by atoms with Crippen molar-refractivity contribution in [2.75, 3.05) is 13.2 Å². The standard InChI is InChI=1S/C13H21N3O2/c14-13(16-17)5-1-2-10-18-11-3-4-12-6-8-15-9-7-12/h6-9,17H,1-5,10-11H2,(H2,14,16). The van der Waals surface area contributed by atoms with Gasteiger partial charge in [-0.05, 0) is 43.4 Å². The van der Waals surface area contributed by atoms with E-state index in [1.54, 1.807) is 0 Å². The summed E-state index contributed by atoms with van der Waals surface area (Å²) in [5, 5.41) is 11.3. The van der Waals surface area contributed by atoms with Crippen LogP contribution in [0.2, 0.25) is 0 Å². The third-order valence-corrected chi connectivity index (χ3v) is 2.60. The molecule has 1 aromatic heterocycles. The number of oxime groups is 1. The second kappa shape index (κ2) is 9.41. The Hall–Kier alpha value is -1.62. The van der Waals surface area contributed by atoms with Crippen molar-refractivity contribution < 1.29 is 9.94 Å². The fourth-order valence-corrected chi connectivity index (χ4v) is 1.59. The van der Waals surface area contributed by atoms with Gasteiger partial charge in [0.15, 0.2) is 0 Å². The zero-order valence-electron chi connectivity index (χ0n) is 10.6. The first-order valence-corrected chi connectivity index (χ1v) is 6.26. The van der Waals surface area contributed by atoms with Crippen LogP contribution in [0.15, 0.2) is 29.7 Å². The monoisotopic (exact) mass is 251 g/mol. The zero-order chi connectivity index (χ0) is 13.1. The molecule has 100 valence electrons. The number of nitrogens with two attached hydrogens (primary N) is 1. The fraction of sp³-hybridized carbons (Fsp3) is 0.538. The predicted octanol–water partition coefficient (Wildman–Crippen LogP) is 1.95. The SMILES string of the molecule is N/C(CCCCOCCCc1ccncc1)=N/O. The largest absolute Gasteiger partial charge is 0.409 e. The molecule has 5 nitrogen and oxygen atoms in total. The molecule has 0 saturated heterocycles. The van der Waals surface area contributed by atoms with Gasteiger partial charge in [-0.3, -0.25) is 4.98 Å². The maximum Gasteiger partial charge on any atom is 0.139 e. The van der Waals surface area contributed by atoms with Gasteiger partial charge in [-0.1, -0.05) is 5.16 Å². The number of ether oxygens (including phenoxy) is 1. The maximum absolute atomic E-state index is 8.34. The molecule has 18 heavy (non-hydrogen) atoms. The average molecular weight is 251 g/mol. The van der Waals surface area contributed by atoms with E-state index in [1.807, 2.05) is 24.5 Å². The van der Waals surface area contributed by atoms with Crippen LogP contribution in [-0.2, 0) is 11.2 Å². The molecule has 0 aliphatic heterocycles. The third kappa shape index (κ3) is 6.85. The molecule has 0 bridgehead atoms. The van der Waals surface area contributed by atoms with E-state index in [-0.39, 0.29) is 5.84 Å². The molecule has 0 fully saturated rings. The zero-order valence-corrected chi connectivity index (χ0v) is 10.6. The van der Waals surface area contributed by atoms with E-state index in [4.69, 9.17) is 15.7 Å². The van der Waals surface area contributed by atoms with E-state index in [2.05, 4.69) is 10.1 Å². The molecule has 0 radical (unpaired) electrons.